The van der Waals surface area contributed by atoms with Gasteiger partial charge in [0.1, 0.15) is 0 Å². The highest BCUT2D eigenvalue weighted by Gasteiger charge is 2.13. The number of para-hydroxylation sites is 2. The van der Waals surface area contributed by atoms with E-state index in [1.165, 1.54) is 4.40 Å². The zero-order chi connectivity index (χ0) is 12.0. The molecule has 0 aliphatic rings. The predicted octanol–water partition coefficient (Wildman–Crippen LogP) is 1.14. The summed E-state index contributed by atoms with van der Waals surface area (Å²) >= 11 is 0. The van der Waals surface area contributed by atoms with Crippen LogP contribution in [-0.2, 0) is 0 Å². The van der Waals surface area contributed by atoms with Gasteiger partial charge < -0.3 is 9.52 Å². The van der Waals surface area contributed by atoms with E-state index in [9.17, 15) is 9.59 Å². The summed E-state index contributed by atoms with van der Waals surface area (Å²) in [7, 11) is 0. The number of hydrogen-bond donors (Lipinski definition) is 1. The minimum atomic E-state index is -1.26. The van der Waals surface area contributed by atoms with E-state index in [2.05, 4.69) is 4.98 Å². The highest BCUT2D eigenvalue weighted by Crippen LogP contribution is 2.16. The third-order valence-corrected chi connectivity index (χ3v) is 2.41. The quantitative estimate of drug-likeness (QED) is 0.677. The number of oxazole rings is 1. The van der Waals surface area contributed by atoms with Gasteiger partial charge in [0, 0.05) is 6.07 Å². The molecule has 0 spiro atoms. The van der Waals surface area contributed by atoms with Gasteiger partial charge in [-0.15, -0.1) is 0 Å². The molecule has 84 valence electrons. The minimum Gasteiger partial charge on any atom is -0.477 e. The maximum atomic E-state index is 11.8. The van der Waals surface area contributed by atoms with Crippen molar-refractivity contribution in [2.24, 2.45) is 0 Å². The Bertz CT molecular complexity index is 800. The van der Waals surface area contributed by atoms with Crippen LogP contribution in [0.5, 0.6) is 0 Å². The molecule has 6 heteroatoms. The summed E-state index contributed by atoms with van der Waals surface area (Å²) in [5.41, 5.74) is 0.253. The van der Waals surface area contributed by atoms with Crippen LogP contribution in [0.15, 0.2) is 39.5 Å². The fraction of sp³-hybridized carbons (Fsp3) is 0. The first-order valence-corrected chi connectivity index (χ1v) is 4.81. The van der Waals surface area contributed by atoms with E-state index in [-0.39, 0.29) is 11.5 Å². The molecule has 2 heterocycles. The second-order valence-corrected chi connectivity index (χ2v) is 3.47. The first-order valence-electron chi connectivity index (χ1n) is 4.81. The Balaban J connectivity index is 2.53. The lowest BCUT2D eigenvalue weighted by molar-refractivity contribution is 0.0690. The zero-order valence-corrected chi connectivity index (χ0v) is 8.45. The molecule has 0 atom stereocenters. The Kier molecular flexibility index (Phi) is 1.79. The van der Waals surface area contributed by atoms with E-state index in [1.54, 1.807) is 24.3 Å². The summed E-state index contributed by atoms with van der Waals surface area (Å²) in [5, 5.41) is 8.79. The average Bonchev–Trinajstić information content (AvgIpc) is 2.67. The molecule has 0 saturated heterocycles. The maximum absolute atomic E-state index is 11.8. The number of aromatic nitrogens is 2. The first kappa shape index (κ1) is 9.59. The number of rotatable bonds is 1. The summed E-state index contributed by atoms with van der Waals surface area (Å²) in [6.07, 6.45) is 0. The fourth-order valence-electron chi connectivity index (χ4n) is 1.69. The third kappa shape index (κ3) is 1.31. The summed E-state index contributed by atoms with van der Waals surface area (Å²) in [6.45, 7) is 0. The molecule has 6 nitrogen and oxygen atoms in total. The molecule has 3 aromatic rings. The third-order valence-electron chi connectivity index (χ3n) is 2.41. The molecule has 1 aromatic carbocycles. The highest BCUT2D eigenvalue weighted by atomic mass is 16.4. The molecule has 0 aliphatic carbocycles. The van der Waals surface area contributed by atoms with Gasteiger partial charge in [-0.1, -0.05) is 12.1 Å². The van der Waals surface area contributed by atoms with Crippen molar-refractivity contribution in [3.63, 3.8) is 0 Å². The van der Waals surface area contributed by atoms with E-state index in [1.807, 2.05) is 0 Å². The highest BCUT2D eigenvalue weighted by molar-refractivity contribution is 5.86. The van der Waals surface area contributed by atoms with Crippen molar-refractivity contribution in [3.05, 3.63) is 46.4 Å². The standard InChI is InChI=1S/C11H6N2O4/c14-9-5-6(10(15)16)12-11-13(9)7-3-1-2-4-8(7)17-11/h1-5H,(H,15,16). The average molecular weight is 230 g/mol. The number of hydrogen-bond acceptors (Lipinski definition) is 4. The van der Waals surface area contributed by atoms with E-state index in [0.717, 1.165) is 6.07 Å². The monoisotopic (exact) mass is 230 g/mol. The van der Waals surface area contributed by atoms with E-state index in [4.69, 9.17) is 9.52 Å². The van der Waals surface area contributed by atoms with Crippen LogP contribution in [0.1, 0.15) is 10.5 Å². The molecule has 1 N–H and O–H groups in total. The molecule has 0 radical (unpaired) electrons. The topological polar surface area (TPSA) is 84.8 Å². The molecule has 0 fully saturated rings. The Morgan fingerprint density at radius 2 is 2.12 bits per heavy atom. The molecule has 0 saturated carbocycles. The predicted molar refractivity (Wildman–Crippen MR) is 58.2 cm³/mol. The van der Waals surface area contributed by atoms with Gasteiger partial charge in [-0.3, -0.25) is 4.79 Å². The van der Waals surface area contributed by atoms with Crippen molar-refractivity contribution in [1.29, 1.82) is 0 Å². The van der Waals surface area contributed by atoms with Crippen LogP contribution in [-0.4, -0.2) is 20.5 Å². The van der Waals surface area contributed by atoms with Crippen molar-refractivity contribution in [2.75, 3.05) is 0 Å². The molecular weight excluding hydrogens is 224 g/mol. The lowest BCUT2D eigenvalue weighted by Crippen LogP contribution is -2.16. The van der Waals surface area contributed by atoms with Crippen LogP contribution in [0, 0.1) is 0 Å². The number of carboxylic acid groups (broad SMARTS) is 1. The van der Waals surface area contributed by atoms with Crippen LogP contribution >= 0.6 is 0 Å². The van der Waals surface area contributed by atoms with Gasteiger partial charge in [0.05, 0.1) is 5.52 Å². The second-order valence-electron chi connectivity index (χ2n) is 3.47. The molecule has 0 bridgehead atoms. The molecule has 0 aliphatic heterocycles. The van der Waals surface area contributed by atoms with Crippen molar-refractivity contribution >= 4 is 22.9 Å². The van der Waals surface area contributed by atoms with Crippen LogP contribution in [0.3, 0.4) is 0 Å². The Labute approximate surface area is 93.7 Å². The lowest BCUT2D eigenvalue weighted by Gasteiger charge is -1.93. The zero-order valence-electron chi connectivity index (χ0n) is 8.45. The SMILES string of the molecule is O=C(O)c1cc(=O)n2c(n1)oc1ccccc12. The largest absolute Gasteiger partial charge is 0.477 e. The van der Waals surface area contributed by atoms with Crippen molar-refractivity contribution in [2.45, 2.75) is 0 Å². The number of aromatic carboxylic acids is 1. The van der Waals surface area contributed by atoms with Crippen molar-refractivity contribution in [1.82, 2.24) is 9.38 Å². The van der Waals surface area contributed by atoms with Gasteiger partial charge in [-0.25, -0.2) is 9.20 Å². The minimum absolute atomic E-state index is 0.0175. The van der Waals surface area contributed by atoms with Crippen LogP contribution < -0.4 is 5.56 Å². The number of benzene rings is 1. The summed E-state index contributed by atoms with van der Waals surface area (Å²) in [6, 6.07) is 7.87. The van der Waals surface area contributed by atoms with E-state index >= 15 is 0 Å². The second kappa shape index (κ2) is 3.18. The maximum Gasteiger partial charge on any atom is 0.354 e. The molecule has 2 aromatic heterocycles. The van der Waals surface area contributed by atoms with Crippen molar-refractivity contribution in [3.8, 4) is 0 Å². The molecule has 17 heavy (non-hydrogen) atoms. The number of nitrogens with zero attached hydrogens (tertiary/aromatic N) is 2. The molecule has 0 amide bonds. The van der Waals surface area contributed by atoms with Gasteiger partial charge in [0.2, 0.25) is 0 Å². The van der Waals surface area contributed by atoms with E-state index in [0.29, 0.717) is 11.1 Å². The summed E-state index contributed by atoms with van der Waals surface area (Å²) in [5.74, 6) is -1.28. The number of fused-ring (bicyclic) bond motifs is 3. The Morgan fingerprint density at radius 3 is 2.88 bits per heavy atom. The summed E-state index contributed by atoms with van der Waals surface area (Å²) < 4.78 is 6.55. The van der Waals surface area contributed by atoms with Gasteiger partial charge in [0.25, 0.3) is 5.56 Å². The van der Waals surface area contributed by atoms with Gasteiger partial charge in [-0.2, -0.15) is 4.98 Å². The normalized spacial score (nSPS) is 11.1. The number of carbonyl (C=O) groups is 1. The molecule has 3 rings (SSSR count). The van der Waals surface area contributed by atoms with Crippen LogP contribution in [0.2, 0.25) is 0 Å². The van der Waals surface area contributed by atoms with Crippen molar-refractivity contribution < 1.29 is 14.3 Å². The Hall–Kier alpha value is -2.63. The van der Waals surface area contributed by atoms with Gasteiger partial charge >= 0.3 is 11.8 Å². The summed E-state index contributed by atoms with van der Waals surface area (Å²) in [4.78, 5) is 26.3. The molecule has 0 unspecified atom stereocenters. The van der Waals surface area contributed by atoms with Gasteiger partial charge in [0.15, 0.2) is 11.3 Å². The first-order chi connectivity index (χ1) is 8.16. The van der Waals surface area contributed by atoms with Crippen LogP contribution in [0.25, 0.3) is 16.9 Å². The van der Waals surface area contributed by atoms with E-state index < -0.39 is 11.5 Å². The fourth-order valence-corrected chi connectivity index (χ4v) is 1.69. The Morgan fingerprint density at radius 1 is 1.35 bits per heavy atom. The smallest absolute Gasteiger partial charge is 0.354 e. The molecular formula is C11H6N2O4. The van der Waals surface area contributed by atoms with Gasteiger partial charge in [-0.05, 0) is 12.1 Å². The van der Waals surface area contributed by atoms with Crippen LogP contribution in [0.4, 0.5) is 0 Å². The number of carboxylic acids is 1. The lowest BCUT2D eigenvalue weighted by atomic mass is 10.3.